The smallest absolute Gasteiger partial charge is 0.243 e. The van der Waals surface area contributed by atoms with E-state index in [0.717, 1.165) is 17.3 Å². The highest BCUT2D eigenvalue weighted by Gasteiger charge is 2.29. The molecule has 0 aromatic heterocycles. The molecule has 1 unspecified atom stereocenters. The van der Waals surface area contributed by atoms with Crippen LogP contribution in [0, 0.1) is 5.92 Å². The lowest BCUT2D eigenvalue weighted by molar-refractivity contribution is -0.130. The molecule has 1 fully saturated rings. The number of likely N-dealkylation sites (N-methyl/N-ethyl adjacent to an activating group) is 1. The summed E-state index contributed by atoms with van der Waals surface area (Å²) in [7, 11) is -0.274. The third kappa shape index (κ3) is 4.91. The second-order valence-electron chi connectivity index (χ2n) is 5.63. The van der Waals surface area contributed by atoms with E-state index in [1.807, 2.05) is 7.05 Å². The van der Waals surface area contributed by atoms with Gasteiger partial charge in [0.2, 0.25) is 15.9 Å². The maximum Gasteiger partial charge on any atom is 0.243 e. The minimum atomic E-state index is -3.61. The van der Waals surface area contributed by atoms with Gasteiger partial charge in [-0.15, -0.1) is 12.4 Å². The highest BCUT2D eigenvalue weighted by Crippen LogP contribution is 2.17. The molecule has 6 nitrogen and oxygen atoms in total. The predicted molar refractivity (Wildman–Crippen MR) is 92.1 cm³/mol. The van der Waals surface area contributed by atoms with Crippen molar-refractivity contribution in [1.29, 1.82) is 0 Å². The summed E-state index contributed by atoms with van der Waals surface area (Å²) in [5, 5.41) is 3.11. The Labute approximate surface area is 144 Å². The fourth-order valence-corrected chi connectivity index (χ4v) is 3.80. The largest absolute Gasteiger partial charge is 0.341 e. The molecule has 1 saturated heterocycles. The molecule has 0 spiro atoms. The maximum absolute atomic E-state index is 12.4. The van der Waals surface area contributed by atoms with Crippen molar-refractivity contribution in [3.63, 3.8) is 0 Å². The van der Waals surface area contributed by atoms with Crippen LogP contribution in [0.1, 0.15) is 6.42 Å². The van der Waals surface area contributed by atoms with Crippen LogP contribution in [0.25, 0.3) is 0 Å². The molecule has 1 aliphatic heterocycles. The number of halogens is 1. The molecule has 1 atom stereocenters. The summed E-state index contributed by atoms with van der Waals surface area (Å²) in [5.41, 5.74) is 0. The van der Waals surface area contributed by atoms with E-state index in [2.05, 4.69) is 5.32 Å². The van der Waals surface area contributed by atoms with Gasteiger partial charge in [0, 0.05) is 20.1 Å². The quantitative estimate of drug-likeness (QED) is 0.813. The second-order valence-corrected chi connectivity index (χ2v) is 7.67. The SMILES string of the molecule is CNCC1CCN(C(=O)CN(C)S(=O)(=O)c2ccccc2)C1.Cl. The van der Waals surface area contributed by atoms with Crippen LogP contribution in [0.4, 0.5) is 0 Å². The van der Waals surface area contributed by atoms with Gasteiger partial charge in [-0.1, -0.05) is 18.2 Å². The first-order valence-corrected chi connectivity index (χ1v) is 8.83. The van der Waals surface area contributed by atoms with E-state index in [1.165, 1.54) is 19.2 Å². The zero-order chi connectivity index (χ0) is 16.2. The summed E-state index contributed by atoms with van der Waals surface area (Å²) in [4.78, 5) is 14.2. The Morgan fingerprint density at radius 3 is 2.61 bits per heavy atom. The molecule has 0 bridgehead atoms. The first-order valence-electron chi connectivity index (χ1n) is 7.39. The highest BCUT2D eigenvalue weighted by atomic mass is 35.5. The van der Waals surface area contributed by atoms with Crippen molar-refractivity contribution in [1.82, 2.24) is 14.5 Å². The Balaban J connectivity index is 0.00000264. The van der Waals surface area contributed by atoms with E-state index in [4.69, 9.17) is 0 Å². The Morgan fingerprint density at radius 1 is 1.35 bits per heavy atom. The van der Waals surface area contributed by atoms with Gasteiger partial charge >= 0.3 is 0 Å². The summed E-state index contributed by atoms with van der Waals surface area (Å²) in [6.07, 6.45) is 0.960. The number of nitrogens with zero attached hydrogens (tertiary/aromatic N) is 2. The van der Waals surface area contributed by atoms with E-state index >= 15 is 0 Å². The van der Waals surface area contributed by atoms with Gasteiger partial charge in [0.05, 0.1) is 11.4 Å². The molecule has 1 heterocycles. The third-order valence-corrected chi connectivity index (χ3v) is 5.76. The normalized spacial score (nSPS) is 18.0. The molecule has 130 valence electrons. The summed E-state index contributed by atoms with van der Waals surface area (Å²) in [6, 6.07) is 8.18. The predicted octanol–water partition coefficient (Wildman–Crippen LogP) is 0.797. The fraction of sp³-hybridized carbons (Fsp3) is 0.533. The van der Waals surface area contributed by atoms with Crippen molar-refractivity contribution in [2.24, 2.45) is 5.92 Å². The Morgan fingerprint density at radius 2 is 2.00 bits per heavy atom. The number of carbonyl (C=O) groups is 1. The maximum atomic E-state index is 12.4. The van der Waals surface area contributed by atoms with E-state index < -0.39 is 10.0 Å². The molecule has 0 radical (unpaired) electrons. The van der Waals surface area contributed by atoms with Gasteiger partial charge in [0.1, 0.15) is 0 Å². The highest BCUT2D eigenvalue weighted by molar-refractivity contribution is 7.89. The van der Waals surface area contributed by atoms with Crippen molar-refractivity contribution in [3.05, 3.63) is 30.3 Å². The first-order chi connectivity index (χ1) is 10.4. The van der Waals surface area contributed by atoms with Crippen molar-refractivity contribution < 1.29 is 13.2 Å². The van der Waals surface area contributed by atoms with Crippen LogP contribution < -0.4 is 5.32 Å². The molecule has 1 aliphatic rings. The molecular weight excluding hydrogens is 338 g/mol. The lowest BCUT2D eigenvalue weighted by Crippen LogP contribution is -2.40. The van der Waals surface area contributed by atoms with Crippen molar-refractivity contribution >= 4 is 28.3 Å². The van der Waals surface area contributed by atoms with Crippen molar-refractivity contribution in [2.45, 2.75) is 11.3 Å². The molecule has 1 aromatic carbocycles. The number of carbonyl (C=O) groups excluding carboxylic acids is 1. The number of sulfonamides is 1. The average molecular weight is 362 g/mol. The summed E-state index contributed by atoms with van der Waals surface area (Å²) in [5.74, 6) is 0.311. The lowest BCUT2D eigenvalue weighted by atomic mass is 10.1. The van der Waals surface area contributed by atoms with E-state index in [1.54, 1.807) is 23.1 Å². The molecule has 8 heteroatoms. The molecule has 1 amide bonds. The fourth-order valence-electron chi connectivity index (χ4n) is 2.66. The number of likely N-dealkylation sites (tertiary alicyclic amines) is 1. The average Bonchev–Trinajstić information content (AvgIpc) is 2.97. The van der Waals surface area contributed by atoms with Gasteiger partial charge in [0.15, 0.2) is 0 Å². The van der Waals surface area contributed by atoms with E-state index in [0.29, 0.717) is 19.0 Å². The van der Waals surface area contributed by atoms with Crippen LogP contribution >= 0.6 is 12.4 Å². The third-order valence-electron chi connectivity index (χ3n) is 3.94. The van der Waals surface area contributed by atoms with Crippen LogP contribution in [-0.4, -0.2) is 63.8 Å². The van der Waals surface area contributed by atoms with Crippen LogP contribution in [-0.2, 0) is 14.8 Å². The number of rotatable bonds is 6. The van der Waals surface area contributed by atoms with Gasteiger partial charge in [-0.25, -0.2) is 8.42 Å². The standard InChI is InChI=1S/C15H23N3O3S.ClH/c1-16-10-13-8-9-18(11-13)15(19)12-17(2)22(20,21)14-6-4-3-5-7-14;/h3-7,13,16H,8-12H2,1-2H3;1H. The summed E-state index contributed by atoms with van der Waals surface area (Å²) in [6.45, 7) is 2.15. The van der Waals surface area contributed by atoms with Crippen LogP contribution in [0.3, 0.4) is 0 Å². The zero-order valence-electron chi connectivity index (χ0n) is 13.4. The molecule has 1 N–H and O–H groups in total. The lowest BCUT2D eigenvalue weighted by Gasteiger charge is -2.21. The first kappa shape index (κ1) is 19.9. The number of nitrogens with one attached hydrogen (secondary N) is 1. The number of benzene rings is 1. The van der Waals surface area contributed by atoms with Crippen LogP contribution in [0.2, 0.25) is 0 Å². The van der Waals surface area contributed by atoms with Crippen molar-refractivity contribution in [3.8, 4) is 0 Å². The molecular formula is C15H24ClN3O3S. The van der Waals surface area contributed by atoms with Gasteiger partial charge < -0.3 is 10.2 Å². The minimum Gasteiger partial charge on any atom is -0.341 e. The molecule has 23 heavy (non-hydrogen) atoms. The second kappa shape index (κ2) is 8.63. The summed E-state index contributed by atoms with van der Waals surface area (Å²) < 4.78 is 25.9. The van der Waals surface area contributed by atoms with Crippen LogP contribution in [0.5, 0.6) is 0 Å². The monoisotopic (exact) mass is 361 g/mol. The van der Waals surface area contributed by atoms with Gasteiger partial charge in [0.25, 0.3) is 0 Å². The molecule has 2 rings (SSSR count). The van der Waals surface area contributed by atoms with Crippen molar-refractivity contribution in [2.75, 3.05) is 40.3 Å². The number of hydrogen-bond acceptors (Lipinski definition) is 4. The van der Waals surface area contributed by atoms with Gasteiger partial charge in [-0.2, -0.15) is 4.31 Å². The Bertz CT molecular complexity index is 610. The molecule has 0 aliphatic carbocycles. The number of amides is 1. The number of hydrogen-bond donors (Lipinski definition) is 1. The molecule has 1 aromatic rings. The van der Waals surface area contributed by atoms with E-state index in [-0.39, 0.29) is 29.8 Å². The topological polar surface area (TPSA) is 69.7 Å². The minimum absolute atomic E-state index is 0. The Hall–Kier alpha value is -1.15. The Kier molecular flexibility index (Phi) is 7.47. The van der Waals surface area contributed by atoms with Crippen LogP contribution in [0.15, 0.2) is 35.2 Å². The van der Waals surface area contributed by atoms with Gasteiger partial charge in [-0.3, -0.25) is 4.79 Å². The van der Waals surface area contributed by atoms with Gasteiger partial charge in [-0.05, 0) is 38.1 Å². The van der Waals surface area contributed by atoms with E-state index in [9.17, 15) is 13.2 Å². The molecule has 0 saturated carbocycles. The summed E-state index contributed by atoms with van der Waals surface area (Å²) >= 11 is 0. The zero-order valence-corrected chi connectivity index (χ0v) is 15.1.